The van der Waals surface area contributed by atoms with Gasteiger partial charge in [-0.25, -0.2) is 4.68 Å². The highest BCUT2D eigenvalue weighted by Crippen LogP contribution is 2.39. The van der Waals surface area contributed by atoms with Crippen LogP contribution in [0.15, 0.2) is 42.5 Å². The lowest BCUT2D eigenvalue weighted by molar-refractivity contribution is -0.123. The van der Waals surface area contributed by atoms with Gasteiger partial charge in [-0.05, 0) is 35.9 Å². The second-order valence-electron chi connectivity index (χ2n) is 7.20. The molecule has 2 heterocycles. The van der Waals surface area contributed by atoms with Crippen molar-refractivity contribution in [1.29, 1.82) is 0 Å². The van der Waals surface area contributed by atoms with Crippen LogP contribution in [0.3, 0.4) is 0 Å². The second-order valence-corrected chi connectivity index (χ2v) is 8.07. The summed E-state index contributed by atoms with van der Waals surface area (Å²) in [5.41, 5.74) is 2.63. The molecular formula is C22H20Cl2N4O4. The molecule has 2 amide bonds. The van der Waals surface area contributed by atoms with Crippen molar-refractivity contribution < 1.29 is 19.1 Å². The predicted octanol–water partition coefficient (Wildman–Crippen LogP) is 4.53. The van der Waals surface area contributed by atoms with Crippen LogP contribution in [-0.4, -0.2) is 35.8 Å². The van der Waals surface area contributed by atoms with Gasteiger partial charge in [0.15, 0.2) is 0 Å². The van der Waals surface area contributed by atoms with E-state index < -0.39 is 6.04 Å². The monoisotopic (exact) mass is 474 g/mol. The van der Waals surface area contributed by atoms with Crippen LogP contribution < -0.4 is 15.4 Å². The van der Waals surface area contributed by atoms with Crippen LogP contribution in [0.2, 0.25) is 10.0 Å². The predicted molar refractivity (Wildman–Crippen MR) is 122 cm³/mol. The highest BCUT2D eigenvalue weighted by atomic mass is 35.5. The Balaban J connectivity index is 1.63. The Morgan fingerprint density at radius 2 is 1.94 bits per heavy atom. The maximum absolute atomic E-state index is 12.7. The number of ether oxygens (including phenoxy) is 2. The minimum atomic E-state index is -0.811. The largest absolute Gasteiger partial charge is 0.497 e. The van der Waals surface area contributed by atoms with Gasteiger partial charge in [-0.2, -0.15) is 5.10 Å². The van der Waals surface area contributed by atoms with E-state index in [4.69, 9.17) is 32.7 Å². The van der Waals surface area contributed by atoms with Gasteiger partial charge >= 0.3 is 0 Å². The van der Waals surface area contributed by atoms with Gasteiger partial charge in [0.25, 0.3) is 5.91 Å². The fourth-order valence-corrected chi connectivity index (χ4v) is 4.18. The molecule has 10 heteroatoms. The average molecular weight is 475 g/mol. The molecule has 0 fully saturated rings. The van der Waals surface area contributed by atoms with Gasteiger partial charge in [0, 0.05) is 22.8 Å². The first-order chi connectivity index (χ1) is 15.4. The first-order valence-corrected chi connectivity index (χ1v) is 10.5. The molecule has 0 aliphatic carbocycles. The van der Waals surface area contributed by atoms with E-state index in [1.807, 2.05) is 24.3 Å². The number of nitrogens with zero attached hydrogens (tertiary/aromatic N) is 2. The molecule has 1 aliphatic rings. The number of amides is 2. The van der Waals surface area contributed by atoms with Gasteiger partial charge in [-0.15, -0.1) is 0 Å². The highest BCUT2D eigenvalue weighted by Gasteiger charge is 2.37. The molecule has 2 N–H and O–H groups in total. The summed E-state index contributed by atoms with van der Waals surface area (Å²) in [4.78, 5) is 25.4. The fraction of sp³-hybridized carbons (Fsp3) is 0.227. The zero-order chi connectivity index (χ0) is 22.8. The van der Waals surface area contributed by atoms with E-state index in [1.54, 1.807) is 32.4 Å². The number of anilines is 2. The quantitative estimate of drug-likeness (QED) is 0.524. The van der Waals surface area contributed by atoms with Crippen LogP contribution in [-0.2, 0) is 20.9 Å². The van der Waals surface area contributed by atoms with Crippen molar-refractivity contribution in [3.05, 3.63) is 58.2 Å². The van der Waals surface area contributed by atoms with E-state index in [0.29, 0.717) is 33.0 Å². The molecule has 4 rings (SSSR count). The van der Waals surface area contributed by atoms with Crippen molar-refractivity contribution in [2.45, 2.75) is 19.1 Å². The van der Waals surface area contributed by atoms with Crippen molar-refractivity contribution in [3.8, 4) is 16.9 Å². The standard InChI is InChI=1S/C22H20Cl2N4O4/c1-31-11-17-20(12-4-3-5-16(6-12)32-2)21-26-22(30)18(28(21)27-17)10-19(29)25-15-8-13(23)7-14(24)9-15/h3-9,18H,10-11H2,1-2H3,(H,25,29)(H,26,30). The van der Waals surface area contributed by atoms with E-state index in [2.05, 4.69) is 15.7 Å². The molecule has 166 valence electrons. The van der Waals surface area contributed by atoms with E-state index in [-0.39, 0.29) is 24.8 Å². The summed E-state index contributed by atoms with van der Waals surface area (Å²) in [6, 6.07) is 11.4. The van der Waals surface area contributed by atoms with Gasteiger partial charge in [0.1, 0.15) is 17.6 Å². The molecule has 0 radical (unpaired) electrons. The van der Waals surface area contributed by atoms with Crippen LogP contribution in [0.1, 0.15) is 18.2 Å². The zero-order valence-electron chi connectivity index (χ0n) is 17.3. The van der Waals surface area contributed by atoms with Crippen LogP contribution in [0.4, 0.5) is 11.5 Å². The summed E-state index contributed by atoms with van der Waals surface area (Å²) in [6.07, 6.45) is -0.116. The molecule has 32 heavy (non-hydrogen) atoms. The average Bonchev–Trinajstić information content (AvgIpc) is 3.22. The smallest absolute Gasteiger partial charge is 0.251 e. The summed E-state index contributed by atoms with van der Waals surface area (Å²) in [6.45, 7) is 0.238. The number of aromatic nitrogens is 2. The third-order valence-corrected chi connectivity index (χ3v) is 5.42. The number of carbonyl (C=O) groups is 2. The third kappa shape index (κ3) is 4.43. The minimum Gasteiger partial charge on any atom is -0.497 e. The first-order valence-electron chi connectivity index (χ1n) is 9.71. The molecule has 0 bridgehead atoms. The molecule has 1 aliphatic heterocycles. The summed E-state index contributed by atoms with van der Waals surface area (Å²) < 4.78 is 12.2. The molecule has 1 atom stereocenters. The fourth-order valence-electron chi connectivity index (χ4n) is 3.65. The van der Waals surface area contributed by atoms with Crippen LogP contribution in [0, 0.1) is 0 Å². The van der Waals surface area contributed by atoms with Crippen molar-refractivity contribution in [2.75, 3.05) is 24.9 Å². The molecule has 3 aromatic rings. The van der Waals surface area contributed by atoms with Crippen LogP contribution in [0.5, 0.6) is 5.75 Å². The number of benzene rings is 2. The van der Waals surface area contributed by atoms with Crippen molar-refractivity contribution in [2.24, 2.45) is 0 Å². The van der Waals surface area contributed by atoms with Gasteiger partial charge < -0.3 is 20.1 Å². The Hall–Kier alpha value is -3.07. The Bertz CT molecular complexity index is 1170. The van der Waals surface area contributed by atoms with E-state index in [1.165, 1.54) is 4.68 Å². The number of hydrogen-bond donors (Lipinski definition) is 2. The number of rotatable bonds is 7. The number of fused-ring (bicyclic) bond motifs is 1. The van der Waals surface area contributed by atoms with Crippen LogP contribution >= 0.6 is 23.2 Å². The summed E-state index contributed by atoms with van der Waals surface area (Å²) in [7, 11) is 3.15. The Labute approximate surface area is 194 Å². The minimum absolute atomic E-state index is 0.116. The second kappa shape index (κ2) is 9.20. The number of halogens is 2. The van der Waals surface area contributed by atoms with Gasteiger partial charge in [-0.1, -0.05) is 35.3 Å². The molecule has 1 unspecified atom stereocenters. The van der Waals surface area contributed by atoms with Crippen molar-refractivity contribution >= 4 is 46.5 Å². The lowest BCUT2D eigenvalue weighted by atomic mass is 10.1. The van der Waals surface area contributed by atoms with E-state index in [9.17, 15) is 9.59 Å². The SMILES string of the molecule is COCc1nn2c(c1-c1cccc(OC)c1)NC(=O)C2CC(=O)Nc1cc(Cl)cc(Cl)c1. The maximum atomic E-state index is 12.7. The van der Waals surface area contributed by atoms with Crippen LogP contribution in [0.25, 0.3) is 11.1 Å². The third-order valence-electron chi connectivity index (χ3n) is 4.99. The van der Waals surface area contributed by atoms with Gasteiger partial charge in [0.05, 0.1) is 31.4 Å². The summed E-state index contributed by atoms with van der Waals surface area (Å²) in [5.74, 6) is 0.494. The van der Waals surface area contributed by atoms with Gasteiger partial charge in [0.2, 0.25) is 5.91 Å². The molecule has 2 aromatic carbocycles. The number of carbonyl (C=O) groups excluding carboxylic acids is 2. The summed E-state index contributed by atoms with van der Waals surface area (Å²) >= 11 is 12.0. The number of hydrogen-bond acceptors (Lipinski definition) is 5. The maximum Gasteiger partial charge on any atom is 0.251 e. The van der Waals surface area contributed by atoms with Crippen molar-refractivity contribution in [3.63, 3.8) is 0 Å². The normalized spacial score (nSPS) is 14.8. The van der Waals surface area contributed by atoms with E-state index in [0.717, 1.165) is 11.1 Å². The number of nitrogens with one attached hydrogen (secondary N) is 2. The molecular weight excluding hydrogens is 455 g/mol. The molecule has 1 aromatic heterocycles. The Kier molecular flexibility index (Phi) is 6.36. The molecule has 0 saturated carbocycles. The lowest BCUT2D eigenvalue weighted by Gasteiger charge is -2.11. The Morgan fingerprint density at radius 3 is 2.62 bits per heavy atom. The molecule has 0 spiro atoms. The lowest BCUT2D eigenvalue weighted by Crippen LogP contribution is -2.24. The number of methoxy groups -OCH3 is 2. The molecule has 8 nitrogen and oxygen atoms in total. The first kappa shape index (κ1) is 22.1. The zero-order valence-corrected chi connectivity index (χ0v) is 18.8. The van der Waals surface area contributed by atoms with Gasteiger partial charge in [-0.3, -0.25) is 9.59 Å². The van der Waals surface area contributed by atoms with E-state index >= 15 is 0 Å². The molecule has 0 saturated heterocycles. The topological polar surface area (TPSA) is 94.5 Å². The Morgan fingerprint density at radius 1 is 1.19 bits per heavy atom. The summed E-state index contributed by atoms with van der Waals surface area (Å²) in [5, 5.41) is 11.0. The highest BCUT2D eigenvalue weighted by molar-refractivity contribution is 6.35. The van der Waals surface area contributed by atoms with Crippen molar-refractivity contribution in [1.82, 2.24) is 9.78 Å².